The van der Waals surface area contributed by atoms with Crippen molar-refractivity contribution in [3.63, 3.8) is 0 Å². The van der Waals surface area contributed by atoms with Crippen molar-refractivity contribution in [2.75, 3.05) is 22.7 Å². The molecule has 194 valence electrons. The molecule has 2 aromatic carbocycles. The summed E-state index contributed by atoms with van der Waals surface area (Å²) >= 11 is 0. The molecule has 0 saturated carbocycles. The minimum atomic E-state index is -3.92. The monoisotopic (exact) mass is 528 g/mol. The number of nitriles is 1. The lowest BCUT2D eigenvalue weighted by atomic mass is 10.1. The highest BCUT2D eigenvalue weighted by Gasteiger charge is 2.19. The zero-order valence-electron chi connectivity index (χ0n) is 21.0. The number of carbonyl (C=O) groups excluding carboxylic acids is 1. The van der Waals surface area contributed by atoms with Crippen LogP contribution in [-0.4, -0.2) is 37.4 Å². The van der Waals surface area contributed by atoms with Gasteiger partial charge in [0.1, 0.15) is 11.9 Å². The Kier molecular flexibility index (Phi) is 7.03. The van der Waals surface area contributed by atoms with E-state index in [1.807, 2.05) is 19.1 Å². The number of carbonyl (C=O) groups is 1. The second kappa shape index (κ2) is 10.6. The maximum Gasteiger partial charge on any atom is 0.261 e. The van der Waals surface area contributed by atoms with E-state index in [0.29, 0.717) is 34.3 Å². The SMILES string of the molecule is Cc1ccc(NS(=O)(=O)c2ccc(C(=O)NCc3ccnc(N4CCCCC4)c3)cc2)c2[nH]cc(C#N)c12. The summed E-state index contributed by atoms with van der Waals surface area (Å²) in [6.07, 6.45) is 6.88. The standard InChI is InChI=1S/C28H28N6O3S/c1-19-5-10-24(27-26(19)22(16-29)18-31-27)33-38(36,37)23-8-6-21(7-9-23)28(35)32-17-20-11-12-30-25(15-20)34-13-3-2-4-14-34/h5-12,15,18,31,33H,2-4,13-14,17H2,1H3,(H,32,35). The Morgan fingerprint density at radius 3 is 2.61 bits per heavy atom. The maximum atomic E-state index is 13.1. The normalized spacial score (nSPS) is 13.7. The third kappa shape index (κ3) is 5.19. The molecule has 1 amide bonds. The number of pyridine rings is 1. The molecule has 0 aliphatic carbocycles. The van der Waals surface area contributed by atoms with Crippen LogP contribution in [0, 0.1) is 18.3 Å². The average Bonchev–Trinajstić information content (AvgIpc) is 3.39. The summed E-state index contributed by atoms with van der Waals surface area (Å²) in [6, 6.07) is 15.2. The molecular weight excluding hydrogens is 500 g/mol. The molecular formula is C28H28N6O3S. The molecule has 0 bridgehead atoms. The first-order valence-corrected chi connectivity index (χ1v) is 14.0. The third-order valence-corrected chi connectivity index (χ3v) is 8.16. The summed E-state index contributed by atoms with van der Waals surface area (Å²) in [7, 11) is -3.92. The number of amides is 1. The summed E-state index contributed by atoms with van der Waals surface area (Å²) in [5.74, 6) is 0.626. The molecule has 1 aliphatic heterocycles. The fourth-order valence-electron chi connectivity index (χ4n) is 4.73. The smallest absolute Gasteiger partial charge is 0.261 e. The number of nitrogens with zero attached hydrogens (tertiary/aromatic N) is 3. The van der Waals surface area contributed by atoms with E-state index in [9.17, 15) is 18.5 Å². The summed E-state index contributed by atoms with van der Waals surface area (Å²) in [5, 5.41) is 12.9. The molecule has 2 aromatic heterocycles. The number of sulfonamides is 1. The molecule has 1 fully saturated rings. The fraction of sp³-hybridized carbons (Fsp3) is 0.250. The van der Waals surface area contributed by atoms with E-state index < -0.39 is 10.0 Å². The zero-order valence-corrected chi connectivity index (χ0v) is 21.8. The number of benzene rings is 2. The van der Waals surface area contributed by atoms with Gasteiger partial charge >= 0.3 is 0 Å². The molecule has 0 unspecified atom stereocenters. The number of nitrogens with one attached hydrogen (secondary N) is 3. The Hall–Kier alpha value is -4.36. The number of hydrogen-bond acceptors (Lipinski definition) is 6. The number of piperidine rings is 1. The van der Waals surface area contributed by atoms with E-state index in [-0.39, 0.29) is 10.8 Å². The minimum Gasteiger partial charge on any atom is -0.358 e. The summed E-state index contributed by atoms with van der Waals surface area (Å²) in [6.45, 7) is 4.19. The van der Waals surface area contributed by atoms with Gasteiger partial charge in [-0.2, -0.15) is 5.26 Å². The summed E-state index contributed by atoms with van der Waals surface area (Å²) < 4.78 is 28.7. The Bertz CT molecular complexity index is 1630. The number of H-pyrrole nitrogens is 1. The molecule has 4 aromatic rings. The molecule has 38 heavy (non-hydrogen) atoms. The Balaban J connectivity index is 1.26. The number of aromatic nitrogens is 2. The first-order valence-electron chi connectivity index (χ1n) is 12.5. The van der Waals surface area contributed by atoms with Crippen LogP contribution in [0.3, 0.4) is 0 Å². The van der Waals surface area contributed by atoms with E-state index in [4.69, 9.17) is 0 Å². The highest BCUT2D eigenvalue weighted by molar-refractivity contribution is 7.92. The van der Waals surface area contributed by atoms with Crippen molar-refractivity contribution >= 4 is 38.3 Å². The molecule has 1 aliphatic rings. The quantitative estimate of drug-likeness (QED) is 0.325. The van der Waals surface area contributed by atoms with Crippen LogP contribution in [0.15, 0.2) is 65.8 Å². The van der Waals surface area contributed by atoms with Crippen LogP contribution in [0.1, 0.15) is 46.3 Å². The van der Waals surface area contributed by atoms with Crippen LogP contribution in [0.2, 0.25) is 0 Å². The Labute approximate surface area is 221 Å². The fourth-order valence-corrected chi connectivity index (χ4v) is 5.81. The molecule has 0 atom stereocenters. The number of anilines is 2. The highest BCUT2D eigenvalue weighted by atomic mass is 32.2. The van der Waals surface area contributed by atoms with E-state index in [1.165, 1.54) is 30.7 Å². The van der Waals surface area contributed by atoms with Gasteiger partial charge in [-0.25, -0.2) is 13.4 Å². The largest absolute Gasteiger partial charge is 0.358 e. The number of hydrogen-bond donors (Lipinski definition) is 3. The van der Waals surface area contributed by atoms with Gasteiger partial charge in [0.2, 0.25) is 0 Å². The van der Waals surface area contributed by atoms with Crippen LogP contribution >= 0.6 is 0 Å². The van der Waals surface area contributed by atoms with Crippen LogP contribution in [0.5, 0.6) is 0 Å². The van der Waals surface area contributed by atoms with Gasteiger partial charge in [0.15, 0.2) is 0 Å². The molecule has 3 heterocycles. The van der Waals surface area contributed by atoms with E-state index in [1.54, 1.807) is 24.5 Å². The van der Waals surface area contributed by atoms with Gasteiger partial charge < -0.3 is 15.2 Å². The molecule has 0 radical (unpaired) electrons. The zero-order chi connectivity index (χ0) is 26.7. The van der Waals surface area contributed by atoms with Gasteiger partial charge in [-0.05, 0) is 79.8 Å². The summed E-state index contributed by atoms with van der Waals surface area (Å²) in [5.41, 5.74) is 3.51. The molecule has 10 heteroatoms. The predicted molar refractivity (Wildman–Crippen MR) is 146 cm³/mol. The number of rotatable bonds is 7. The van der Waals surface area contributed by atoms with Gasteiger partial charge in [-0.3, -0.25) is 9.52 Å². The maximum absolute atomic E-state index is 13.1. The molecule has 5 rings (SSSR count). The van der Waals surface area contributed by atoms with Crippen LogP contribution in [-0.2, 0) is 16.6 Å². The van der Waals surface area contributed by atoms with Crippen LogP contribution in [0.4, 0.5) is 11.5 Å². The van der Waals surface area contributed by atoms with Crippen molar-refractivity contribution in [2.45, 2.75) is 37.6 Å². The summed E-state index contributed by atoms with van der Waals surface area (Å²) in [4.78, 5) is 22.5. The first kappa shape index (κ1) is 25.3. The van der Waals surface area contributed by atoms with E-state index in [0.717, 1.165) is 42.9 Å². The second-order valence-electron chi connectivity index (χ2n) is 9.38. The third-order valence-electron chi connectivity index (χ3n) is 6.78. The minimum absolute atomic E-state index is 0.0233. The van der Waals surface area contributed by atoms with Crippen molar-refractivity contribution < 1.29 is 13.2 Å². The molecule has 9 nitrogen and oxygen atoms in total. The number of fused-ring (bicyclic) bond motifs is 1. The van der Waals surface area contributed by atoms with Gasteiger partial charge in [0.05, 0.1) is 21.7 Å². The van der Waals surface area contributed by atoms with Gasteiger partial charge in [-0.1, -0.05) is 6.07 Å². The molecule has 1 saturated heterocycles. The number of aromatic amines is 1. The van der Waals surface area contributed by atoms with Gasteiger partial charge in [0, 0.05) is 43.0 Å². The van der Waals surface area contributed by atoms with Crippen molar-refractivity contribution in [3.8, 4) is 6.07 Å². The lowest BCUT2D eigenvalue weighted by Crippen LogP contribution is -2.30. The lowest BCUT2D eigenvalue weighted by Gasteiger charge is -2.27. The van der Waals surface area contributed by atoms with Crippen LogP contribution in [0.25, 0.3) is 10.9 Å². The van der Waals surface area contributed by atoms with Gasteiger partial charge in [0.25, 0.3) is 15.9 Å². The van der Waals surface area contributed by atoms with Crippen LogP contribution < -0.4 is 14.9 Å². The predicted octanol–water partition coefficient (Wildman–Crippen LogP) is 4.46. The van der Waals surface area contributed by atoms with Crippen molar-refractivity contribution in [1.29, 1.82) is 5.26 Å². The van der Waals surface area contributed by atoms with Crippen molar-refractivity contribution in [2.24, 2.45) is 0 Å². The molecule has 0 spiro atoms. The Morgan fingerprint density at radius 1 is 1.11 bits per heavy atom. The second-order valence-corrected chi connectivity index (χ2v) is 11.1. The topological polar surface area (TPSA) is 131 Å². The Morgan fingerprint density at radius 2 is 1.87 bits per heavy atom. The van der Waals surface area contributed by atoms with Crippen molar-refractivity contribution in [3.05, 3.63) is 83.2 Å². The van der Waals surface area contributed by atoms with E-state index in [2.05, 4.69) is 31.0 Å². The highest BCUT2D eigenvalue weighted by Crippen LogP contribution is 2.30. The molecule has 3 N–H and O–H groups in total. The number of aryl methyl sites for hydroxylation is 1. The van der Waals surface area contributed by atoms with E-state index >= 15 is 0 Å². The first-order chi connectivity index (χ1) is 18.4. The lowest BCUT2D eigenvalue weighted by molar-refractivity contribution is 0.0951. The van der Waals surface area contributed by atoms with Crippen molar-refractivity contribution in [1.82, 2.24) is 15.3 Å². The van der Waals surface area contributed by atoms with Gasteiger partial charge in [-0.15, -0.1) is 0 Å². The average molecular weight is 529 g/mol.